The minimum Gasteiger partial charge on any atom is -0.495 e. The van der Waals surface area contributed by atoms with Crippen molar-refractivity contribution in [3.63, 3.8) is 0 Å². The van der Waals surface area contributed by atoms with Crippen molar-refractivity contribution >= 4 is 21.5 Å². The fourth-order valence-electron chi connectivity index (χ4n) is 2.08. The molecule has 0 amide bonds. The molecule has 0 radical (unpaired) electrons. The van der Waals surface area contributed by atoms with Crippen molar-refractivity contribution in [2.75, 3.05) is 11.8 Å². The molecular weight excluding hydrogens is 334 g/mol. The van der Waals surface area contributed by atoms with Crippen molar-refractivity contribution in [1.82, 2.24) is 4.98 Å². The van der Waals surface area contributed by atoms with E-state index in [1.54, 1.807) is 13.0 Å². The van der Waals surface area contributed by atoms with Crippen LogP contribution in [0.2, 0.25) is 0 Å². The molecule has 0 aliphatic carbocycles. The predicted octanol–water partition coefficient (Wildman–Crippen LogP) is 2.72. The fraction of sp³-hybridized carbons (Fsp3) is 0.267. The molecular formula is C15H17N3O5S. The number of nitrogens with one attached hydrogen (secondary N) is 1. The number of nitro groups is 1. The van der Waals surface area contributed by atoms with Crippen LogP contribution in [0.25, 0.3) is 0 Å². The lowest BCUT2D eigenvalue weighted by atomic mass is 10.1. The molecule has 128 valence electrons. The molecule has 2 aromatic rings. The molecule has 0 atom stereocenters. The highest BCUT2D eigenvalue weighted by Gasteiger charge is 2.22. The summed E-state index contributed by atoms with van der Waals surface area (Å²) in [5.74, 6) is 0.242. The van der Waals surface area contributed by atoms with E-state index in [0.717, 1.165) is 17.3 Å². The number of aryl methyl sites for hydroxylation is 3. The van der Waals surface area contributed by atoms with Gasteiger partial charge < -0.3 is 4.74 Å². The van der Waals surface area contributed by atoms with E-state index in [1.807, 2.05) is 6.92 Å². The minimum absolute atomic E-state index is 0.0207. The van der Waals surface area contributed by atoms with Crippen molar-refractivity contribution < 1.29 is 18.1 Å². The molecule has 2 rings (SSSR count). The Morgan fingerprint density at radius 2 is 1.75 bits per heavy atom. The van der Waals surface area contributed by atoms with Crippen LogP contribution < -0.4 is 9.46 Å². The number of ether oxygens (including phenoxy) is 1. The summed E-state index contributed by atoms with van der Waals surface area (Å²) >= 11 is 0. The van der Waals surface area contributed by atoms with E-state index in [-0.39, 0.29) is 22.2 Å². The lowest BCUT2D eigenvalue weighted by Crippen LogP contribution is -2.16. The Bertz CT molecular complexity index is 910. The third kappa shape index (κ3) is 3.46. The maximum absolute atomic E-state index is 12.7. The van der Waals surface area contributed by atoms with Crippen LogP contribution in [0.4, 0.5) is 11.5 Å². The van der Waals surface area contributed by atoms with E-state index >= 15 is 0 Å². The highest BCUT2D eigenvalue weighted by molar-refractivity contribution is 7.92. The molecule has 0 aliphatic heterocycles. The van der Waals surface area contributed by atoms with Crippen LogP contribution in [0, 0.1) is 30.9 Å². The van der Waals surface area contributed by atoms with Crippen molar-refractivity contribution in [3.05, 3.63) is 51.2 Å². The Labute approximate surface area is 139 Å². The second-order valence-electron chi connectivity index (χ2n) is 5.31. The van der Waals surface area contributed by atoms with Crippen molar-refractivity contribution in [2.24, 2.45) is 0 Å². The summed E-state index contributed by atoms with van der Waals surface area (Å²) in [6, 6.07) is 4.40. The number of sulfonamides is 1. The van der Waals surface area contributed by atoms with E-state index in [0.29, 0.717) is 5.56 Å². The molecule has 9 heteroatoms. The number of hydrogen-bond donors (Lipinski definition) is 1. The Morgan fingerprint density at radius 3 is 2.29 bits per heavy atom. The summed E-state index contributed by atoms with van der Waals surface area (Å²) in [5.41, 5.74) is 1.83. The number of methoxy groups -OCH3 is 1. The predicted molar refractivity (Wildman–Crippen MR) is 88.9 cm³/mol. The monoisotopic (exact) mass is 351 g/mol. The highest BCUT2D eigenvalue weighted by atomic mass is 32.2. The van der Waals surface area contributed by atoms with Gasteiger partial charge in [-0.25, -0.2) is 13.4 Å². The normalized spacial score (nSPS) is 11.2. The van der Waals surface area contributed by atoms with Crippen molar-refractivity contribution in [2.45, 2.75) is 25.7 Å². The zero-order valence-corrected chi connectivity index (χ0v) is 14.5. The van der Waals surface area contributed by atoms with Crippen LogP contribution >= 0.6 is 0 Å². The van der Waals surface area contributed by atoms with Crippen LogP contribution in [-0.2, 0) is 10.0 Å². The van der Waals surface area contributed by atoms with Crippen LogP contribution in [0.5, 0.6) is 5.75 Å². The molecule has 1 aromatic carbocycles. The second-order valence-corrected chi connectivity index (χ2v) is 6.96. The first-order valence-corrected chi connectivity index (χ1v) is 8.43. The van der Waals surface area contributed by atoms with Gasteiger partial charge in [-0.2, -0.15) is 0 Å². The van der Waals surface area contributed by atoms with E-state index in [4.69, 9.17) is 4.74 Å². The number of rotatable bonds is 5. The molecule has 0 bridgehead atoms. The number of hydrogen-bond acceptors (Lipinski definition) is 6. The molecule has 0 spiro atoms. The zero-order chi connectivity index (χ0) is 18.1. The summed E-state index contributed by atoms with van der Waals surface area (Å²) in [6.45, 7) is 5.18. The second kappa shape index (κ2) is 6.44. The molecule has 1 N–H and O–H groups in total. The summed E-state index contributed by atoms with van der Waals surface area (Å²) < 4.78 is 32.8. The summed E-state index contributed by atoms with van der Waals surface area (Å²) in [7, 11) is -2.57. The number of nitrogens with zero attached hydrogens (tertiary/aromatic N) is 2. The first-order chi connectivity index (χ1) is 11.2. The highest BCUT2D eigenvalue weighted by Crippen LogP contribution is 2.29. The number of anilines is 1. The van der Waals surface area contributed by atoms with Crippen LogP contribution in [-0.4, -0.2) is 25.4 Å². The molecule has 0 fully saturated rings. The van der Waals surface area contributed by atoms with Gasteiger partial charge in [-0.15, -0.1) is 0 Å². The van der Waals surface area contributed by atoms with Gasteiger partial charge in [0.25, 0.3) is 15.7 Å². The number of pyridine rings is 1. The van der Waals surface area contributed by atoms with E-state index in [9.17, 15) is 18.5 Å². The third-order valence-corrected chi connectivity index (χ3v) is 4.94. The SMILES string of the molecule is COc1cc(C)c(C)cc1S(=O)(=O)Nc1ncc([N+](=O)[O-])cc1C. The standard InChI is InChI=1S/C15H17N3O5S/c1-9-6-13(23-4)14(7-10(9)2)24(21,22)17-15-11(3)5-12(8-16-15)18(19)20/h5-8H,1-4H3,(H,16,17). The van der Waals surface area contributed by atoms with Gasteiger partial charge in [0.1, 0.15) is 22.7 Å². The molecule has 24 heavy (non-hydrogen) atoms. The average molecular weight is 351 g/mol. The first kappa shape index (κ1) is 17.7. The molecule has 0 saturated heterocycles. The van der Waals surface area contributed by atoms with E-state index in [2.05, 4.69) is 9.71 Å². The maximum Gasteiger partial charge on any atom is 0.287 e. The number of benzene rings is 1. The Balaban J connectivity index is 2.46. The lowest BCUT2D eigenvalue weighted by molar-refractivity contribution is -0.385. The van der Waals surface area contributed by atoms with Gasteiger partial charge in [-0.05, 0) is 49.6 Å². The fourth-order valence-corrected chi connectivity index (χ4v) is 3.40. The molecule has 1 heterocycles. The third-order valence-electron chi connectivity index (χ3n) is 3.58. The topological polar surface area (TPSA) is 111 Å². The van der Waals surface area contributed by atoms with Gasteiger partial charge >= 0.3 is 0 Å². The Morgan fingerprint density at radius 1 is 1.12 bits per heavy atom. The zero-order valence-electron chi connectivity index (χ0n) is 13.7. The average Bonchev–Trinajstić information content (AvgIpc) is 2.51. The lowest BCUT2D eigenvalue weighted by Gasteiger charge is -2.14. The van der Waals surface area contributed by atoms with Crippen LogP contribution in [0.3, 0.4) is 0 Å². The summed E-state index contributed by atoms with van der Waals surface area (Å²) in [4.78, 5) is 14.0. The summed E-state index contributed by atoms with van der Waals surface area (Å²) in [5, 5.41) is 10.7. The largest absolute Gasteiger partial charge is 0.495 e. The Hall–Kier alpha value is -2.68. The van der Waals surface area contributed by atoms with Gasteiger partial charge in [-0.3, -0.25) is 14.8 Å². The van der Waals surface area contributed by atoms with Gasteiger partial charge in [0.05, 0.1) is 12.0 Å². The van der Waals surface area contributed by atoms with Crippen molar-refractivity contribution in [1.29, 1.82) is 0 Å². The van der Waals surface area contributed by atoms with Gasteiger partial charge in [-0.1, -0.05) is 0 Å². The van der Waals surface area contributed by atoms with Crippen LogP contribution in [0.15, 0.2) is 29.3 Å². The van der Waals surface area contributed by atoms with Gasteiger partial charge in [0.2, 0.25) is 0 Å². The van der Waals surface area contributed by atoms with Crippen LogP contribution in [0.1, 0.15) is 16.7 Å². The molecule has 1 aromatic heterocycles. The van der Waals surface area contributed by atoms with Gasteiger partial charge in [0.15, 0.2) is 0 Å². The molecule has 0 saturated carbocycles. The summed E-state index contributed by atoms with van der Waals surface area (Å²) in [6.07, 6.45) is 1.00. The molecule has 0 aliphatic rings. The minimum atomic E-state index is -3.96. The van der Waals surface area contributed by atoms with E-state index < -0.39 is 14.9 Å². The number of aromatic nitrogens is 1. The van der Waals surface area contributed by atoms with Crippen molar-refractivity contribution in [3.8, 4) is 5.75 Å². The quantitative estimate of drug-likeness (QED) is 0.655. The molecule has 0 unspecified atom stereocenters. The van der Waals surface area contributed by atoms with E-state index in [1.165, 1.54) is 26.2 Å². The molecule has 8 nitrogen and oxygen atoms in total. The van der Waals surface area contributed by atoms with Gasteiger partial charge in [0, 0.05) is 6.07 Å². The first-order valence-electron chi connectivity index (χ1n) is 6.95. The maximum atomic E-state index is 12.7. The smallest absolute Gasteiger partial charge is 0.287 e. The Kier molecular flexibility index (Phi) is 4.74.